The van der Waals surface area contributed by atoms with Crippen molar-refractivity contribution in [3.8, 4) is 11.5 Å². The van der Waals surface area contributed by atoms with Crippen LogP contribution in [0.15, 0.2) is 70.5 Å². The molecule has 3 aromatic carbocycles. The van der Waals surface area contributed by atoms with Gasteiger partial charge in [-0.05, 0) is 61.9 Å². The molecule has 0 aromatic heterocycles. The number of carbonyl (C=O) groups excluding carboxylic acids is 2. The first-order valence-electron chi connectivity index (χ1n) is 10.9. The van der Waals surface area contributed by atoms with Crippen molar-refractivity contribution in [1.82, 2.24) is 5.32 Å². The molecule has 0 saturated heterocycles. The minimum Gasteiger partial charge on any atom is -0.493 e. The van der Waals surface area contributed by atoms with Gasteiger partial charge in [-0.25, -0.2) is 0 Å². The van der Waals surface area contributed by atoms with E-state index < -0.39 is 0 Å². The zero-order chi connectivity index (χ0) is 23.4. The van der Waals surface area contributed by atoms with Crippen molar-refractivity contribution in [1.29, 1.82) is 0 Å². The van der Waals surface area contributed by atoms with Crippen LogP contribution in [-0.2, 0) is 6.54 Å². The van der Waals surface area contributed by atoms with Crippen LogP contribution < -0.4 is 19.7 Å². The summed E-state index contributed by atoms with van der Waals surface area (Å²) in [5, 5.41) is 2.96. The summed E-state index contributed by atoms with van der Waals surface area (Å²) < 4.78 is 10.9. The highest BCUT2D eigenvalue weighted by molar-refractivity contribution is 7.99. The third-order valence-corrected chi connectivity index (χ3v) is 6.53. The SMILES string of the molecule is CCOc1ccc(CNC(=O)c2ccc3c(c2)N(CC)C(=O)c2ccccc2S3)cc1OC. The van der Waals surface area contributed by atoms with Crippen molar-refractivity contribution in [2.75, 3.05) is 25.2 Å². The molecule has 0 bridgehead atoms. The number of benzene rings is 3. The number of fused-ring (bicyclic) bond motifs is 2. The number of nitrogens with zero attached hydrogens (tertiary/aromatic N) is 1. The minimum atomic E-state index is -0.207. The molecule has 0 saturated carbocycles. The molecule has 33 heavy (non-hydrogen) atoms. The lowest BCUT2D eigenvalue weighted by molar-refractivity contribution is 0.0947. The highest BCUT2D eigenvalue weighted by atomic mass is 32.2. The fourth-order valence-corrected chi connectivity index (χ4v) is 4.82. The largest absolute Gasteiger partial charge is 0.493 e. The summed E-state index contributed by atoms with van der Waals surface area (Å²) in [6, 6.07) is 18.7. The number of ether oxygens (including phenoxy) is 2. The molecule has 7 heteroatoms. The fourth-order valence-electron chi connectivity index (χ4n) is 3.76. The van der Waals surface area contributed by atoms with Crippen LogP contribution in [-0.4, -0.2) is 32.1 Å². The second kappa shape index (κ2) is 10.0. The summed E-state index contributed by atoms with van der Waals surface area (Å²) in [6.07, 6.45) is 0. The van der Waals surface area contributed by atoms with Gasteiger partial charge < -0.3 is 19.7 Å². The Morgan fingerprint density at radius 3 is 2.58 bits per heavy atom. The Labute approximate surface area is 197 Å². The van der Waals surface area contributed by atoms with Gasteiger partial charge in [-0.2, -0.15) is 0 Å². The highest BCUT2D eigenvalue weighted by Gasteiger charge is 2.27. The van der Waals surface area contributed by atoms with Crippen molar-refractivity contribution < 1.29 is 19.1 Å². The van der Waals surface area contributed by atoms with Crippen molar-refractivity contribution in [3.63, 3.8) is 0 Å². The first-order valence-corrected chi connectivity index (χ1v) is 11.7. The van der Waals surface area contributed by atoms with Crippen LogP contribution in [0.4, 0.5) is 5.69 Å². The fraction of sp³-hybridized carbons (Fsp3) is 0.231. The van der Waals surface area contributed by atoms with Crippen LogP contribution in [0.1, 0.15) is 40.1 Å². The second-order valence-electron chi connectivity index (χ2n) is 7.43. The predicted octanol–water partition coefficient (Wildman–Crippen LogP) is 5.16. The van der Waals surface area contributed by atoms with Gasteiger partial charge in [-0.3, -0.25) is 9.59 Å². The molecular weight excluding hydrogens is 436 g/mol. The van der Waals surface area contributed by atoms with Gasteiger partial charge in [-0.15, -0.1) is 0 Å². The van der Waals surface area contributed by atoms with E-state index in [2.05, 4.69) is 5.32 Å². The summed E-state index contributed by atoms with van der Waals surface area (Å²) in [5.41, 5.74) is 2.83. The van der Waals surface area contributed by atoms with E-state index in [-0.39, 0.29) is 11.8 Å². The topological polar surface area (TPSA) is 67.9 Å². The van der Waals surface area contributed by atoms with Gasteiger partial charge in [0.2, 0.25) is 0 Å². The lowest BCUT2D eigenvalue weighted by Crippen LogP contribution is -2.31. The Hall–Kier alpha value is -3.45. The van der Waals surface area contributed by atoms with E-state index >= 15 is 0 Å². The van der Waals surface area contributed by atoms with Crippen LogP contribution in [0.2, 0.25) is 0 Å². The molecule has 0 aliphatic carbocycles. The van der Waals surface area contributed by atoms with Crippen molar-refractivity contribution in [2.45, 2.75) is 30.2 Å². The van der Waals surface area contributed by atoms with Gasteiger partial charge in [-0.1, -0.05) is 30.0 Å². The summed E-state index contributed by atoms with van der Waals surface area (Å²) in [4.78, 5) is 29.7. The van der Waals surface area contributed by atoms with Crippen molar-refractivity contribution in [3.05, 3.63) is 77.4 Å². The van der Waals surface area contributed by atoms with E-state index in [1.54, 1.807) is 35.9 Å². The first kappa shape index (κ1) is 22.7. The molecule has 170 valence electrons. The molecule has 0 spiro atoms. The number of nitrogens with one attached hydrogen (secondary N) is 1. The Morgan fingerprint density at radius 1 is 1.00 bits per heavy atom. The molecule has 0 unspecified atom stereocenters. The Balaban J connectivity index is 1.55. The molecule has 2 amide bonds. The number of hydrogen-bond donors (Lipinski definition) is 1. The number of methoxy groups -OCH3 is 1. The Morgan fingerprint density at radius 2 is 1.82 bits per heavy atom. The molecule has 0 radical (unpaired) electrons. The van der Waals surface area contributed by atoms with Gasteiger partial charge >= 0.3 is 0 Å². The summed E-state index contributed by atoms with van der Waals surface area (Å²) in [7, 11) is 1.59. The van der Waals surface area contributed by atoms with Crippen LogP contribution in [0, 0.1) is 0 Å². The Bertz CT molecular complexity index is 1190. The number of carbonyl (C=O) groups is 2. The maximum absolute atomic E-state index is 13.1. The molecule has 0 atom stereocenters. The van der Waals surface area contributed by atoms with E-state index in [0.717, 1.165) is 21.0 Å². The van der Waals surface area contributed by atoms with Gasteiger partial charge in [0.15, 0.2) is 11.5 Å². The molecule has 0 fully saturated rings. The van der Waals surface area contributed by atoms with E-state index in [1.165, 1.54) is 0 Å². The van der Waals surface area contributed by atoms with Crippen molar-refractivity contribution >= 4 is 29.3 Å². The molecule has 1 N–H and O–H groups in total. The number of rotatable bonds is 7. The standard InChI is InChI=1S/C26H26N2O4S/c1-4-28-20-15-18(11-13-24(20)33-23-9-7-6-8-19(23)26(28)30)25(29)27-16-17-10-12-21(32-5-2)22(14-17)31-3/h6-15H,4-5,16H2,1-3H3,(H,27,29). The van der Waals surface area contributed by atoms with Crippen LogP contribution in [0.3, 0.4) is 0 Å². The monoisotopic (exact) mass is 462 g/mol. The lowest BCUT2D eigenvalue weighted by atomic mass is 10.1. The maximum Gasteiger partial charge on any atom is 0.259 e. The zero-order valence-corrected chi connectivity index (χ0v) is 19.7. The average molecular weight is 463 g/mol. The van der Waals surface area contributed by atoms with E-state index in [0.29, 0.717) is 42.3 Å². The number of anilines is 1. The molecule has 4 rings (SSSR count). The minimum absolute atomic E-state index is 0.0570. The van der Waals surface area contributed by atoms with Crippen LogP contribution in [0.5, 0.6) is 11.5 Å². The smallest absolute Gasteiger partial charge is 0.259 e. The number of amides is 2. The second-order valence-corrected chi connectivity index (χ2v) is 8.51. The normalized spacial score (nSPS) is 12.5. The molecule has 3 aromatic rings. The molecule has 6 nitrogen and oxygen atoms in total. The highest BCUT2D eigenvalue weighted by Crippen LogP contribution is 2.41. The van der Waals surface area contributed by atoms with Gasteiger partial charge in [0, 0.05) is 28.4 Å². The quantitative estimate of drug-likeness (QED) is 0.526. The summed E-state index contributed by atoms with van der Waals surface area (Å²) in [5.74, 6) is 1.03. The third-order valence-electron chi connectivity index (χ3n) is 5.39. The summed E-state index contributed by atoms with van der Waals surface area (Å²) >= 11 is 1.55. The average Bonchev–Trinajstić information content (AvgIpc) is 2.96. The Kier molecular flexibility index (Phi) is 6.89. The maximum atomic E-state index is 13.1. The summed E-state index contributed by atoms with van der Waals surface area (Å²) in [6.45, 7) is 5.25. The number of hydrogen-bond acceptors (Lipinski definition) is 5. The van der Waals surface area contributed by atoms with Gasteiger partial charge in [0.25, 0.3) is 11.8 Å². The van der Waals surface area contributed by atoms with E-state index in [1.807, 2.05) is 62.4 Å². The molecule has 1 aliphatic rings. The molecular formula is C26H26N2O4S. The van der Waals surface area contributed by atoms with Gasteiger partial charge in [0.1, 0.15) is 0 Å². The molecule has 1 heterocycles. The van der Waals surface area contributed by atoms with E-state index in [9.17, 15) is 9.59 Å². The first-order chi connectivity index (χ1) is 16.0. The molecule has 1 aliphatic heterocycles. The predicted molar refractivity (Wildman–Crippen MR) is 130 cm³/mol. The zero-order valence-electron chi connectivity index (χ0n) is 18.9. The van der Waals surface area contributed by atoms with Crippen LogP contribution >= 0.6 is 11.8 Å². The lowest BCUT2D eigenvalue weighted by Gasteiger charge is -2.21. The van der Waals surface area contributed by atoms with Crippen LogP contribution in [0.25, 0.3) is 0 Å². The van der Waals surface area contributed by atoms with E-state index in [4.69, 9.17) is 9.47 Å². The third kappa shape index (κ3) is 4.68. The van der Waals surface area contributed by atoms with Crippen molar-refractivity contribution in [2.24, 2.45) is 0 Å². The van der Waals surface area contributed by atoms with Gasteiger partial charge in [0.05, 0.1) is 25.0 Å².